The molecule has 0 atom stereocenters. The van der Waals surface area contributed by atoms with Gasteiger partial charge in [-0.25, -0.2) is 4.98 Å². The Morgan fingerprint density at radius 2 is 1.93 bits per heavy atom. The van der Waals surface area contributed by atoms with Gasteiger partial charge in [-0.15, -0.1) is 0 Å². The summed E-state index contributed by atoms with van der Waals surface area (Å²) in [6.07, 6.45) is 5.18. The minimum Gasteiger partial charge on any atom is -0.467 e. The highest BCUT2D eigenvalue weighted by molar-refractivity contribution is 7.20. The van der Waals surface area contributed by atoms with E-state index < -0.39 is 0 Å². The van der Waals surface area contributed by atoms with Crippen molar-refractivity contribution in [2.75, 3.05) is 13.1 Å². The quantitative estimate of drug-likeness (QED) is 0.578. The predicted molar refractivity (Wildman–Crippen MR) is 110 cm³/mol. The second kappa shape index (κ2) is 8.11. The smallest absolute Gasteiger partial charge is 0.274 e. The molecule has 0 aliphatic carbocycles. The first-order valence-corrected chi connectivity index (χ1v) is 10.1. The fourth-order valence-electron chi connectivity index (χ4n) is 3.12. The Bertz CT molecular complexity index is 963. The number of hydrogen-bond donors (Lipinski definition) is 0. The van der Waals surface area contributed by atoms with Crippen molar-refractivity contribution < 1.29 is 9.53 Å². The maximum absolute atomic E-state index is 12.4. The molecule has 0 spiro atoms. The van der Waals surface area contributed by atoms with Crippen LogP contribution in [0, 0.1) is 0 Å². The second-order valence-corrected chi connectivity index (χ2v) is 7.85. The standard InChI is InChI=1S/C21H19ClN2O2S/c22-17-7-4-8-18-20(17)23-21(27-18)26-16-11-13-24(14-12-16)19(25)10-9-15-5-2-1-3-6-15/h1-10,16H,11-14H2/b10-9+. The van der Waals surface area contributed by atoms with E-state index in [0.717, 1.165) is 28.6 Å². The van der Waals surface area contributed by atoms with Gasteiger partial charge in [0.2, 0.25) is 5.91 Å². The predicted octanol–water partition coefficient (Wildman–Crippen LogP) is 5.03. The van der Waals surface area contributed by atoms with Crippen molar-refractivity contribution in [3.63, 3.8) is 0 Å². The number of rotatable bonds is 4. The minimum atomic E-state index is 0.0454. The first-order valence-electron chi connectivity index (χ1n) is 8.93. The van der Waals surface area contributed by atoms with Crippen LogP contribution in [0.25, 0.3) is 16.3 Å². The highest BCUT2D eigenvalue weighted by atomic mass is 35.5. The lowest BCUT2D eigenvalue weighted by Crippen LogP contribution is -2.41. The molecule has 1 saturated heterocycles. The van der Waals surface area contributed by atoms with Crippen LogP contribution in [0.3, 0.4) is 0 Å². The molecule has 27 heavy (non-hydrogen) atoms. The molecule has 2 aromatic carbocycles. The van der Waals surface area contributed by atoms with E-state index in [9.17, 15) is 4.79 Å². The second-order valence-electron chi connectivity index (χ2n) is 6.45. The maximum Gasteiger partial charge on any atom is 0.274 e. The van der Waals surface area contributed by atoms with Gasteiger partial charge in [0.25, 0.3) is 5.19 Å². The zero-order valence-electron chi connectivity index (χ0n) is 14.7. The van der Waals surface area contributed by atoms with Gasteiger partial charge in [-0.05, 0) is 23.8 Å². The minimum absolute atomic E-state index is 0.0454. The number of carbonyl (C=O) groups excluding carboxylic acids is 1. The number of aromatic nitrogens is 1. The number of hydrogen-bond acceptors (Lipinski definition) is 4. The Balaban J connectivity index is 1.32. The van der Waals surface area contributed by atoms with E-state index in [0.29, 0.717) is 23.3 Å². The third-order valence-electron chi connectivity index (χ3n) is 4.59. The first-order chi connectivity index (χ1) is 13.2. The van der Waals surface area contributed by atoms with Gasteiger partial charge in [-0.3, -0.25) is 4.79 Å². The summed E-state index contributed by atoms with van der Waals surface area (Å²) in [5, 5.41) is 1.29. The molecule has 3 aromatic rings. The van der Waals surface area contributed by atoms with Gasteiger partial charge in [0.05, 0.1) is 9.72 Å². The first kappa shape index (κ1) is 18.0. The molecule has 4 rings (SSSR count). The number of ether oxygens (including phenoxy) is 1. The lowest BCUT2D eigenvalue weighted by atomic mass is 10.1. The number of likely N-dealkylation sites (tertiary alicyclic amines) is 1. The molecular formula is C21H19ClN2O2S. The molecule has 1 aromatic heterocycles. The molecule has 0 N–H and O–H groups in total. The third kappa shape index (κ3) is 4.31. The summed E-state index contributed by atoms with van der Waals surface area (Å²) in [5.74, 6) is 0.0454. The molecule has 1 amide bonds. The molecule has 1 fully saturated rings. The van der Waals surface area contributed by atoms with Gasteiger partial charge in [0.15, 0.2) is 0 Å². The summed E-state index contributed by atoms with van der Waals surface area (Å²) in [6, 6.07) is 15.6. The zero-order valence-corrected chi connectivity index (χ0v) is 16.2. The van der Waals surface area contributed by atoms with Gasteiger partial charge < -0.3 is 9.64 Å². The molecule has 1 aliphatic heterocycles. The molecular weight excluding hydrogens is 380 g/mol. The van der Waals surface area contributed by atoms with Gasteiger partial charge in [-0.1, -0.05) is 59.3 Å². The SMILES string of the molecule is O=C(/C=C/c1ccccc1)N1CCC(Oc2nc3c(Cl)cccc3s2)CC1. The summed E-state index contributed by atoms with van der Waals surface area (Å²) in [7, 11) is 0. The number of fused-ring (bicyclic) bond motifs is 1. The van der Waals surface area contributed by atoms with E-state index in [1.54, 1.807) is 6.08 Å². The fourth-order valence-corrected chi connectivity index (χ4v) is 4.30. The number of piperidine rings is 1. The van der Waals surface area contributed by atoms with E-state index in [-0.39, 0.29) is 12.0 Å². The van der Waals surface area contributed by atoms with Gasteiger partial charge >= 0.3 is 0 Å². The molecule has 6 heteroatoms. The van der Waals surface area contributed by atoms with Crippen LogP contribution in [0.4, 0.5) is 0 Å². The van der Waals surface area contributed by atoms with Crippen LogP contribution in [0.15, 0.2) is 54.6 Å². The number of benzene rings is 2. The van der Waals surface area contributed by atoms with Gasteiger partial charge in [0.1, 0.15) is 11.6 Å². The van der Waals surface area contributed by atoms with Crippen LogP contribution in [-0.2, 0) is 4.79 Å². The van der Waals surface area contributed by atoms with Crippen molar-refractivity contribution in [1.82, 2.24) is 9.88 Å². The third-order valence-corrected chi connectivity index (χ3v) is 5.81. The largest absolute Gasteiger partial charge is 0.467 e. The summed E-state index contributed by atoms with van der Waals surface area (Å²) < 4.78 is 7.07. The Hall–Kier alpha value is -2.37. The Morgan fingerprint density at radius 3 is 2.67 bits per heavy atom. The van der Waals surface area contributed by atoms with Crippen LogP contribution >= 0.6 is 22.9 Å². The van der Waals surface area contributed by atoms with Crippen molar-refractivity contribution in [1.29, 1.82) is 0 Å². The number of amides is 1. The summed E-state index contributed by atoms with van der Waals surface area (Å²) in [6.45, 7) is 1.38. The van der Waals surface area contributed by atoms with Crippen LogP contribution in [0.1, 0.15) is 18.4 Å². The van der Waals surface area contributed by atoms with Gasteiger partial charge in [0, 0.05) is 32.0 Å². The van der Waals surface area contributed by atoms with Crippen molar-refractivity contribution in [3.05, 3.63) is 65.2 Å². The maximum atomic E-state index is 12.4. The summed E-state index contributed by atoms with van der Waals surface area (Å²) in [5.41, 5.74) is 1.82. The van der Waals surface area contributed by atoms with E-state index in [1.807, 2.05) is 59.5 Å². The lowest BCUT2D eigenvalue weighted by Gasteiger charge is -2.30. The van der Waals surface area contributed by atoms with E-state index in [1.165, 1.54) is 11.3 Å². The number of halogens is 1. The van der Waals surface area contributed by atoms with E-state index >= 15 is 0 Å². The topological polar surface area (TPSA) is 42.4 Å². The van der Waals surface area contributed by atoms with E-state index in [4.69, 9.17) is 16.3 Å². The van der Waals surface area contributed by atoms with Crippen LogP contribution < -0.4 is 4.74 Å². The normalized spacial score (nSPS) is 15.5. The Morgan fingerprint density at radius 1 is 1.15 bits per heavy atom. The average Bonchev–Trinajstić information content (AvgIpc) is 3.11. The van der Waals surface area contributed by atoms with Crippen molar-refractivity contribution in [2.24, 2.45) is 0 Å². The molecule has 0 bridgehead atoms. The zero-order chi connectivity index (χ0) is 18.6. The Kier molecular flexibility index (Phi) is 5.41. The Labute approximate surface area is 167 Å². The van der Waals surface area contributed by atoms with Crippen molar-refractivity contribution in [2.45, 2.75) is 18.9 Å². The molecule has 1 aliphatic rings. The van der Waals surface area contributed by atoms with E-state index in [2.05, 4.69) is 4.98 Å². The summed E-state index contributed by atoms with van der Waals surface area (Å²) >= 11 is 7.69. The van der Waals surface area contributed by atoms with Crippen LogP contribution in [-0.4, -0.2) is 35.0 Å². The average molecular weight is 399 g/mol. The highest BCUT2D eigenvalue weighted by Crippen LogP contribution is 2.33. The number of thiazole rings is 1. The van der Waals surface area contributed by atoms with Gasteiger partial charge in [-0.2, -0.15) is 0 Å². The highest BCUT2D eigenvalue weighted by Gasteiger charge is 2.23. The molecule has 0 radical (unpaired) electrons. The van der Waals surface area contributed by atoms with Crippen molar-refractivity contribution >= 4 is 45.1 Å². The summed E-state index contributed by atoms with van der Waals surface area (Å²) in [4.78, 5) is 18.7. The molecule has 2 heterocycles. The van der Waals surface area contributed by atoms with Crippen LogP contribution in [0.2, 0.25) is 5.02 Å². The van der Waals surface area contributed by atoms with Crippen molar-refractivity contribution in [3.8, 4) is 5.19 Å². The number of nitrogens with zero attached hydrogens (tertiary/aromatic N) is 2. The number of carbonyl (C=O) groups is 1. The molecule has 0 saturated carbocycles. The molecule has 138 valence electrons. The van der Waals surface area contributed by atoms with Crippen LogP contribution in [0.5, 0.6) is 5.19 Å². The number of para-hydroxylation sites is 1. The lowest BCUT2D eigenvalue weighted by molar-refractivity contribution is -0.127. The molecule has 4 nitrogen and oxygen atoms in total. The fraction of sp³-hybridized carbons (Fsp3) is 0.238. The monoisotopic (exact) mass is 398 g/mol. The molecule has 0 unspecified atom stereocenters.